The van der Waals surface area contributed by atoms with Gasteiger partial charge in [0.15, 0.2) is 5.11 Å². The molecule has 1 heterocycles. The van der Waals surface area contributed by atoms with Gasteiger partial charge in [0.2, 0.25) is 5.91 Å². The molecule has 1 saturated heterocycles. The minimum absolute atomic E-state index is 0.0433. The van der Waals surface area contributed by atoms with E-state index in [0.29, 0.717) is 24.5 Å². The van der Waals surface area contributed by atoms with Gasteiger partial charge in [-0.1, -0.05) is 43.7 Å². The third kappa shape index (κ3) is 8.47. The quantitative estimate of drug-likeness (QED) is 0.408. The molecule has 33 heavy (non-hydrogen) atoms. The van der Waals surface area contributed by atoms with Crippen molar-refractivity contribution in [2.45, 2.75) is 32.6 Å². The molecule has 0 bridgehead atoms. The molecule has 0 aliphatic carbocycles. The lowest BCUT2D eigenvalue weighted by Gasteiger charge is -2.28. The highest BCUT2D eigenvalue weighted by Crippen LogP contribution is 2.13. The lowest BCUT2D eigenvalue weighted by atomic mass is 10.1. The van der Waals surface area contributed by atoms with Crippen LogP contribution >= 0.6 is 12.2 Å². The van der Waals surface area contributed by atoms with Gasteiger partial charge in [-0.25, -0.2) is 0 Å². The predicted molar refractivity (Wildman–Crippen MR) is 133 cm³/mol. The van der Waals surface area contributed by atoms with Gasteiger partial charge in [0.25, 0.3) is 5.91 Å². The average molecular weight is 469 g/mol. The Morgan fingerprint density at radius 1 is 1.00 bits per heavy atom. The fourth-order valence-electron chi connectivity index (χ4n) is 3.69. The van der Waals surface area contributed by atoms with E-state index in [2.05, 4.69) is 33.2 Å². The third-order valence-electron chi connectivity index (χ3n) is 5.57. The molecule has 1 atom stereocenters. The number of carbonyl (C=O) groups excluding carboxylic acids is 2. The Morgan fingerprint density at radius 3 is 2.39 bits per heavy atom. The molecule has 176 valence electrons. The minimum atomic E-state index is -0.362. The molecule has 8 heteroatoms. The van der Waals surface area contributed by atoms with Gasteiger partial charge in [0.05, 0.1) is 6.61 Å². The number of ether oxygens (including phenoxy) is 1. The molecule has 0 spiro atoms. The van der Waals surface area contributed by atoms with Crippen LogP contribution in [0.1, 0.15) is 42.1 Å². The minimum Gasteiger partial charge on any atom is -0.493 e. The molecule has 1 fully saturated rings. The zero-order chi connectivity index (χ0) is 23.5. The number of piperidine rings is 1. The number of hydrazine groups is 1. The second-order valence-electron chi connectivity index (χ2n) is 8.27. The first-order valence-electron chi connectivity index (χ1n) is 11.4. The van der Waals surface area contributed by atoms with Gasteiger partial charge in [-0.15, -0.1) is 0 Å². The highest BCUT2D eigenvalue weighted by atomic mass is 32.1. The van der Waals surface area contributed by atoms with Gasteiger partial charge < -0.3 is 9.64 Å². The van der Waals surface area contributed by atoms with Crippen molar-refractivity contribution < 1.29 is 14.3 Å². The summed E-state index contributed by atoms with van der Waals surface area (Å²) in [5.74, 6) is -0.00481. The normalized spacial score (nSPS) is 14.7. The molecule has 1 unspecified atom stereocenters. The van der Waals surface area contributed by atoms with Gasteiger partial charge in [-0.2, -0.15) is 0 Å². The molecule has 2 aromatic rings. The number of amides is 2. The first kappa shape index (κ1) is 24.7. The molecule has 7 nitrogen and oxygen atoms in total. The van der Waals surface area contributed by atoms with Crippen LogP contribution in [0.2, 0.25) is 0 Å². The van der Waals surface area contributed by atoms with Gasteiger partial charge in [0.1, 0.15) is 5.75 Å². The van der Waals surface area contributed by atoms with Crippen molar-refractivity contribution in [2.75, 3.05) is 26.2 Å². The maximum absolute atomic E-state index is 12.4. The lowest BCUT2D eigenvalue weighted by Crippen LogP contribution is -2.51. The summed E-state index contributed by atoms with van der Waals surface area (Å²) in [5.41, 5.74) is 6.85. The van der Waals surface area contributed by atoms with E-state index in [-0.39, 0.29) is 22.8 Å². The number of hydrogen-bond acceptors (Lipinski definition) is 5. The monoisotopic (exact) mass is 468 g/mol. The Balaban J connectivity index is 1.36. The summed E-state index contributed by atoms with van der Waals surface area (Å²) in [7, 11) is 0. The predicted octanol–water partition coefficient (Wildman–Crippen LogP) is 3.07. The SMILES string of the molecule is CC(CN1CCCCC1)C(=O)NNC(=S)NC(=O)c1ccc(OCCc2ccccc2)cc1. The maximum atomic E-state index is 12.4. The van der Waals surface area contributed by atoms with E-state index < -0.39 is 0 Å². The first-order valence-corrected chi connectivity index (χ1v) is 11.8. The Hall–Kier alpha value is -2.97. The van der Waals surface area contributed by atoms with Crippen LogP contribution in [-0.4, -0.2) is 48.1 Å². The third-order valence-corrected chi connectivity index (χ3v) is 5.78. The Kier molecular flexibility index (Phi) is 9.65. The number of benzene rings is 2. The van der Waals surface area contributed by atoms with E-state index in [0.717, 1.165) is 19.5 Å². The fourth-order valence-corrected chi connectivity index (χ4v) is 3.84. The number of thiocarbonyl (C=S) groups is 1. The Morgan fingerprint density at radius 2 is 1.70 bits per heavy atom. The number of carbonyl (C=O) groups is 2. The van der Waals surface area contributed by atoms with Crippen LogP contribution in [0.5, 0.6) is 5.75 Å². The lowest BCUT2D eigenvalue weighted by molar-refractivity contribution is -0.125. The highest BCUT2D eigenvalue weighted by Gasteiger charge is 2.19. The zero-order valence-electron chi connectivity index (χ0n) is 19.0. The molecule has 0 saturated carbocycles. The fraction of sp³-hybridized carbons (Fsp3) is 0.400. The van der Waals surface area contributed by atoms with Crippen molar-refractivity contribution in [2.24, 2.45) is 5.92 Å². The summed E-state index contributed by atoms with van der Waals surface area (Å²) in [6.45, 7) is 5.23. The first-order chi connectivity index (χ1) is 16.0. The molecule has 1 aliphatic heterocycles. The molecule has 0 aromatic heterocycles. The highest BCUT2D eigenvalue weighted by molar-refractivity contribution is 7.80. The second-order valence-corrected chi connectivity index (χ2v) is 8.68. The molecule has 2 aromatic carbocycles. The van der Waals surface area contributed by atoms with E-state index in [1.54, 1.807) is 24.3 Å². The number of rotatable bonds is 8. The molecule has 2 amide bonds. The second kappa shape index (κ2) is 12.9. The number of nitrogens with zero attached hydrogens (tertiary/aromatic N) is 1. The largest absolute Gasteiger partial charge is 0.493 e. The number of likely N-dealkylation sites (tertiary alicyclic amines) is 1. The van der Waals surface area contributed by atoms with Gasteiger partial charge >= 0.3 is 0 Å². The van der Waals surface area contributed by atoms with Crippen molar-refractivity contribution in [1.29, 1.82) is 0 Å². The van der Waals surface area contributed by atoms with E-state index in [1.807, 2.05) is 25.1 Å². The smallest absolute Gasteiger partial charge is 0.257 e. The topological polar surface area (TPSA) is 82.7 Å². The molecule has 3 N–H and O–H groups in total. The van der Waals surface area contributed by atoms with Crippen LogP contribution in [0.4, 0.5) is 0 Å². The summed E-state index contributed by atoms with van der Waals surface area (Å²) >= 11 is 5.13. The number of nitrogens with one attached hydrogen (secondary N) is 3. The van der Waals surface area contributed by atoms with E-state index in [9.17, 15) is 9.59 Å². The summed E-state index contributed by atoms with van der Waals surface area (Å²) in [6.07, 6.45) is 4.44. The van der Waals surface area contributed by atoms with Crippen LogP contribution < -0.4 is 20.9 Å². The summed E-state index contributed by atoms with van der Waals surface area (Å²) < 4.78 is 5.75. The van der Waals surface area contributed by atoms with Gasteiger partial charge in [0, 0.05) is 24.4 Å². The summed E-state index contributed by atoms with van der Waals surface area (Å²) in [5, 5.41) is 2.61. The standard InChI is InChI=1S/C25H32N4O3S/c1-19(18-29-15-6-3-7-16-29)23(30)27-28-25(33)26-24(31)21-10-12-22(13-11-21)32-17-14-20-8-4-2-5-9-20/h2,4-5,8-13,19H,3,6-7,14-18H2,1H3,(H,27,30)(H2,26,28,31,33). The van der Waals surface area contributed by atoms with Gasteiger partial charge in [-0.3, -0.25) is 25.8 Å². The van der Waals surface area contributed by atoms with Crippen LogP contribution in [-0.2, 0) is 11.2 Å². The average Bonchev–Trinajstić information content (AvgIpc) is 2.84. The van der Waals surface area contributed by atoms with E-state index in [1.165, 1.54) is 24.8 Å². The van der Waals surface area contributed by atoms with E-state index in [4.69, 9.17) is 17.0 Å². The Labute approximate surface area is 200 Å². The van der Waals surface area contributed by atoms with Crippen molar-refractivity contribution in [3.05, 3.63) is 65.7 Å². The molecule has 1 aliphatic rings. The van der Waals surface area contributed by atoms with Crippen molar-refractivity contribution in [3.8, 4) is 5.75 Å². The molecule has 3 rings (SSSR count). The van der Waals surface area contributed by atoms with Crippen molar-refractivity contribution >= 4 is 29.1 Å². The molecule has 0 radical (unpaired) electrons. The van der Waals surface area contributed by atoms with Crippen LogP contribution in [0.25, 0.3) is 0 Å². The number of hydrogen-bond donors (Lipinski definition) is 3. The van der Waals surface area contributed by atoms with Crippen molar-refractivity contribution in [1.82, 2.24) is 21.1 Å². The molecular formula is C25H32N4O3S. The maximum Gasteiger partial charge on any atom is 0.257 e. The van der Waals surface area contributed by atoms with Crippen molar-refractivity contribution in [3.63, 3.8) is 0 Å². The van der Waals surface area contributed by atoms with E-state index >= 15 is 0 Å². The van der Waals surface area contributed by atoms with Crippen LogP contribution in [0.3, 0.4) is 0 Å². The van der Waals surface area contributed by atoms with Crippen LogP contribution in [0.15, 0.2) is 54.6 Å². The Bertz CT molecular complexity index is 915. The summed E-state index contributed by atoms with van der Waals surface area (Å²) in [4.78, 5) is 27.0. The molecular weight excluding hydrogens is 436 g/mol. The van der Waals surface area contributed by atoms with Crippen LogP contribution in [0, 0.1) is 5.92 Å². The zero-order valence-corrected chi connectivity index (χ0v) is 19.8. The van der Waals surface area contributed by atoms with Gasteiger partial charge in [-0.05, 0) is 68.0 Å². The summed E-state index contributed by atoms with van der Waals surface area (Å²) in [6, 6.07) is 17.0.